The van der Waals surface area contributed by atoms with E-state index in [2.05, 4.69) is 76.2 Å². The average Bonchev–Trinajstić information content (AvgIpc) is 3.14. The largest absolute Gasteiger partial charge is 0.398 e. The average molecular weight is 457 g/mol. The molecular formula is C31H28N4. The number of hydrogen-bond donors (Lipinski definition) is 2. The molecule has 4 N–H and O–H groups in total. The molecule has 6 rings (SSSR count). The second-order valence-electron chi connectivity index (χ2n) is 9.75. The van der Waals surface area contributed by atoms with E-state index >= 15 is 0 Å². The molecule has 0 fully saturated rings. The van der Waals surface area contributed by atoms with Gasteiger partial charge in [-0.2, -0.15) is 0 Å². The van der Waals surface area contributed by atoms with Gasteiger partial charge in [0.15, 0.2) is 0 Å². The van der Waals surface area contributed by atoms with Crippen LogP contribution in [0.2, 0.25) is 0 Å². The zero-order chi connectivity index (χ0) is 24.5. The monoisotopic (exact) mass is 456 g/mol. The molecular weight excluding hydrogens is 428 g/mol. The van der Waals surface area contributed by atoms with Crippen molar-refractivity contribution in [1.82, 2.24) is 9.97 Å². The molecule has 0 saturated heterocycles. The van der Waals surface area contributed by atoms with E-state index in [9.17, 15) is 0 Å². The van der Waals surface area contributed by atoms with Crippen LogP contribution in [0.3, 0.4) is 0 Å². The molecule has 0 unspecified atom stereocenters. The fourth-order valence-electron chi connectivity index (χ4n) is 5.73. The number of benzene rings is 4. The van der Waals surface area contributed by atoms with Gasteiger partial charge >= 0.3 is 0 Å². The van der Waals surface area contributed by atoms with Crippen LogP contribution in [0.15, 0.2) is 72.8 Å². The maximum atomic E-state index is 6.42. The number of aromatic nitrogens is 2. The Hall–Kier alpha value is -4.18. The lowest BCUT2D eigenvalue weighted by molar-refractivity contribution is 0.736. The molecule has 1 aromatic heterocycles. The number of nitrogens with two attached hydrogens (primary N) is 2. The second-order valence-corrected chi connectivity index (χ2v) is 9.75. The van der Waals surface area contributed by atoms with E-state index in [-0.39, 0.29) is 0 Å². The van der Waals surface area contributed by atoms with Crippen LogP contribution in [-0.2, 0) is 5.41 Å². The summed E-state index contributed by atoms with van der Waals surface area (Å²) >= 11 is 0. The highest BCUT2D eigenvalue weighted by Crippen LogP contribution is 2.56. The van der Waals surface area contributed by atoms with Crippen molar-refractivity contribution in [2.45, 2.75) is 33.1 Å². The highest BCUT2D eigenvalue weighted by molar-refractivity contribution is 5.88. The first-order valence-corrected chi connectivity index (χ1v) is 11.9. The van der Waals surface area contributed by atoms with Crippen molar-refractivity contribution in [2.24, 2.45) is 0 Å². The minimum Gasteiger partial charge on any atom is -0.398 e. The van der Waals surface area contributed by atoms with Crippen molar-refractivity contribution >= 4 is 22.4 Å². The molecule has 1 aliphatic carbocycles. The molecule has 0 atom stereocenters. The number of aryl methyl sites for hydroxylation is 4. The molecule has 5 aromatic rings. The van der Waals surface area contributed by atoms with Crippen molar-refractivity contribution in [1.29, 1.82) is 0 Å². The number of fused-ring (bicyclic) bond motifs is 4. The van der Waals surface area contributed by atoms with Crippen molar-refractivity contribution in [2.75, 3.05) is 11.5 Å². The van der Waals surface area contributed by atoms with Crippen LogP contribution in [-0.4, -0.2) is 9.97 Å². The van der Waals surface area contributed by atoms with Gasteiger partial charge < -0.3 is 11.5 Å². The van der Waals surface area contributed by atoms with E-state index in [1.165, 1.54) is 5.56 Å². The number of nitrogen functional groups attached to an aromatic ring is 2. The first-order chi connectivity index (χ1) is 16.8. The Morgan fingerprint density at radius 3 is 1.60 bits per heavy atom. The van der Waals surface area contributed by atoms with Crippen molar-refractivity contribution < 1.29 is 0 Å². The summed E-state index contributed by atoms with van der Waals surface area (Å²) < 4.78 is 0. The van der Waals surface area contributed by atoms with E-state index in [0.29, 0.717) is 0 Å². The maximum Gasteiger partial charge on any atom is 0.0944 e. The normalized spacial score (nSPS) is 13.6. The quantitative estimate of drug-likeness (QED) is 0.296. The Morgan fingerprint density at radius 2 is 1.06 bits per heavy atom. The number of nitrogens with zero attached hydrogens (tertiary/aromatic N) is 2. The van der Waals surface area contributed by atoms with E-state index in [4.69, 9.17) is 21.4 Å². The summed E-state index contributed by atoms with van der Waals surface area (Å²) in [4.78, 5) is 10.5. The van der Waals surface area contributed by atoms with Gasteiger partial charge in [0.2, 0.25) is 0 Å². The smallest absolute Gasteiger partial charge is 0.0944 e. The van der Waals surface area contributed by atoms with Crippen molar-refractivity contribution in [3.8, 4) is 11.3 Å². The minimum absolute atomic E-state index is 0.643. The Labute approximate surface area is 205 Å². The third-order valence-electron chi connectivity index (χ3n) is 7.57. The third kappa shape index (κ3) is 2.86. The Morgan fingerprint density at radius 1 is 0.600 bits per heavy atom. The molecule has 0 radical (unpaired) electrons. The minimum atomic E-state index is -0.643. The van der Waals surface area contributed by atoms with Crippen LogP contribution in [0, 0.1) is 27.7 Å². The van der Waals surface area contributed by atoms with Crippen LogP contribution in [0.4, 0.5) is 11.4 Å². The lowest BCUT2D eigenvalue weighted by atomic mass is 9.68. The summed E-state index contributed by atoms with van der Waals surface area (Å²) in [6.45, 7) is 8.30. The molecule has 172 valence electrons. The first kappa shape index (κ1) is 21.4. The van der Waals surface area contributed by atoms with Gasteiger partial charge in [0.25, 0.3) is 0 Å². The molecule has 4 heteroatoms. The predicted molar refractivity (Wildman–Crippen MR) is 145 cm³/mol. The zero-order valence-corrected chi connectivity index (χ0v) is 20.5. The molecule has 35 heavy (non-hydrogen) atoms. The predicted octanol–water partition coefficient (Wildman–Crippen LogP) is 6.39. The first-order valence-electron chi connectivity index (χ1n) is 11.9. The lowest BCUT2D eigenvalue weighted by Gasteiger charge is -2.34. The fraction of sp³-hybridized carbons (Fsp3) is 0.161. The van der Waals surface area contributed by atoms with Crippen LogP contribution < -0.4 is 11.5 Å². The van der Waals surface area contributed by atoms with Gasteiger partial charge in [-0.25, -0.2) is 9.97 Å². The van der Waals surface area contributed by atoms with E-state index in [1.807, 2.05) is 24.3 Å². The molecule has 1 aliphatic rings. The van der Waals surface area contributed by atoms with Gasteiger partial charge in [0.1, 0.15) is 0 Å². The van der Waals surface area contributed by atoms with Crippen LogP contribution in [0.25, 0.3) is 22.3 Å². The number of anilines is 2. The van der Waals surface area contributed by atoms with Crippen LogP contribution >= 0.6 is 0 Å². The standard InChI is InChI=1S/C31H28N4/c1-17-13-21(14-18(2)27(17)32)31(22-15-19(3)28(33)20(4)16-22)24-10-6-5-9-23(24)29-30(31)35-26-12-8-7-11-25(26)34-29/h5-16H,32-33H2,1-4H3. The maximum absolute atomic E-state index is 6.42. The fourth-order valence-corrected chi connectivity index (χ4v) is 5.73. The molecule has 0 amide bonds. The SMILES string of the molecule is Cc1cc(C2(c3cc(C)c(N)c(C)c3)c3ccccc3-c3nc4ccccc4nc32)cc(C)c1N. The molecule has 1 heterocycles. The van der Waals surface area contributed by atoms with Gasteiger partial charge in [-0.3, -0.25) is 0 Å². The van der Waals surface area contributed by atoms with E-state index < -0.39 is 5.41 Å². The second kappa shape index (κ2) is 7.41. The molecule has 4 aromatic carbocycles. The summed E-state index contributed by atoms with van der Waals surface area (Å²) in [5.74, 6) is 0. The van der Waals surface area contributed by atoms with E-state index in [0.717, 1.165) is 72.7 Å². The molecule has 0 saturated carbocycles. The van der Waals surface area contributed by atoms with Crippen molar-refractivity contribution in [3.05, 3.63) is 117 Å². The van der Waals surface area contributed by atoms with Gasteiger partial charge in [-0.1, -0.05) is 60.7 Å². The summed E-state index contributed by atoms with van der Waals surface area (Å²) in [5, 5.41) is 0. The van der Waals surface area contributed by atoms with Gasteiger partial charge in [-0.05, 0) is 78.8 Å². The summed E-state index contributed by atoms with van der Waals surface area (Å²) in [6, 6.07) is 25.5. The Kier molecular flexibility index (Phi) is 4.52. The van der Waals surface area contributed by atoms with Gasteiger partial charge in [-0.15, -0.1) is 0 Å². The third-order valence-corrected chi connectivity index (χ3v) is 7.57. The lowest BCUT2D eigenvalue weighted by Crippen LogP contribution is -2.30. The van der Waals surface area contributed by atoms with Crippen LogP contribution in [0.1, 0.15) is 44.6 Å². The highest BCUT2D eigenvalue weighted by atomic mass is 14.9. The van der Waals surface area contributed by atoms with Crippen LogP contribution in [0.5, 0.6) is 0 Å². The molecule has 0 bridgehead atoms. The van der Waals surface area contributed by atoms with Crippen molar-refractivity contribution in [3.63, 3.8) is 0 Å². The number of rotatable bonds is 2. The molecule has 0 spiro atoms. The molecule has 4 nitrogen and oxygen atoms in total. The summed E-state index contributed by atoms with van der Waals surface area (Å²) in [6.07, 6.45) is 0. The topological polar surface area (TPSA) is 77.8 Å². The summed E-state index contributed by atoms with van der Waals surface area (Å²) in [7, 11) is 0. The van der Waals surface area contributed by atoms with E-state index in [1.54, 1.807) is 0 Å². The Bertz CT molecular complexity index is 1560. The number of para-hydroxylation sites is 2. The summed E-state index contributed by atoms with van der Waals surface area (Å²) in [5.41, 5.74) is 26.3. The van der Waals surface area contributed by atoms with Gasteiger partial charge in [0.05, 0.1) is 27.8 Å². The zero-order valence-electron chi connectivity index (χ0n) is 20.5. The Balaban J connectivity index is 1.85. The molecule has 0 aliphatic heterocycles. The van der Waals surface area contributed by atoms with Gasteiger partial charge in [0, 0.05) is 16.9 Å². The number of hydrogen-bond acceptors (Lipinski definition) is 4. The highest BCUT2D eigenvalue weighted by Gasteiger charge is 2.49.